The maximum atomic E-state index is 14.1. The third-order valence-electron chi connectivity index (χ3n) is 8.70. The number of pyridine rings is 1. The van der Waals surface area contributed by atoms with Crippen LogP contribution in [-0.2, 0) is 15.9 Å². The molecule has 1 spiro atoms. The highest BCUT2D eigenvalue weighted by atomic mass is 32.1. The second-order valence-electron chi connectivity index (χ2n) is 10.9. The molecule has 0 aromatic carbocycles. The SMILES string of the molecule is COc1nc(C)cc(C)c1C(C)N1CCCc2sc([C@H](C)C3CCC4(CC3)OCCO4)c(C)c2C1=O. The molecule has 2 atom stereocenters. The molecular formula is C29H40N2O4S. The summed E-state index contributed by atoms with van der Waals surface area (Å²) in [4.78, 5) is 23.4. The van der Waals surface area contributed by atoms with Crippen LogP contribution in [0.3, 0.4) is 0 Å². The molecule has 36 heavy (non-hydrogen) atoms. The highest BCUT2D eigenvalue weighted by Crippen LogP contribution is 2.47. The average Bonchev–Trinajstić information content (AvgIpc) is 3.39. The number of fused-ring (bicyclic) bond motifs is 1. The summed E-state index contributed by atoms with van der Waals surface area (Å²) in [7, 11) is 1.66. The van der Waals surface area contributed by atoms with Gasteiger partial charge in [-0.1, -0.05) is 6.92 Å². The average molecular weight is 513 g/mol. The predicted molar refractivity (Wildman–Crippen MR) is 142 cm³/mol. The van der Waals surface area contributed by atoms with Gasteiger partial charge in [0, 0.05) is 40.4 Å². The van der Waals surface area contributed by atoms with Crippen molar-refractivity contribution in [3.8, 4) is 5.88 Å². The van der Waals surface area contributed by atoms with E-state index in [9.17, 15) is 4.79 Å². The molecule has 0 bridgehead atoms. The van der Waals surface area contributed by atoms with Gasteiger partial charge in [-0.3, -0.25) is 4.79 Å². The zero-order valence-electron chi connectivity index (χ0n) is 22.6. The van der Waals surface area contributed by atoms with E-state index >= 15 is 0 Å². The molecule has 6 nitrogen and oxygen atoms in total. The topological polar surface area (TPSA) is 60.9 Å². The molecule has 1 saturated heterocycles. The molecule has 7 heteroatoms. The number of carbonyl (C=O) groups excluding carboxylic acids is 1. The van der Waals surface area contributed by atoms with Crippen molar-refractivity contribution < 1.29 is 19.0 Å². The van der Waals surface area contributed by atoms with Crippen molar-refractivity contribution in [2.24, 2.45) is 5.92 Å². The number of carbonyl (C=O) groups is 1. The maximum Gasteiger partial charge on any atom is 0.255 e. The van der Waals surface area contributed by atoms with Crippen molar-refractivity contribution >= 4 is 17.2 Å². The van der Waals surface area contributed by atoms with Crippen molar-refractivity contribution in [2.45, 2.75) is 90.9 Å². The number of methoxy groups -OCH3 is 1. The Labute approximate surface area is 219 Å². The lowest BCUT2D eigenvalue weighted by Crippen LogP contribution is -2.36. The van der Waals surface area contributed by atoms with Crippen LogP contribution >= 0.6 is 11.3 Å². The Kier molecular flexibility index (Phi) is 7.18. The molecule has 2 fully saturated rings. The monoisotopic (exact) mass is 512 g/mol. The van der Waals surface area contributed by atoms with Crippen LogP contribution in [0.4, 0.5) is 0 Å². The summed E-state index contributed by atoms with van der Waals surface area (Å²) in [6.07, 6.45) is 6.10. The highest BCUT2D eigenvalue weighted by molar-refractivity contribution is 7.12. The quantitative estimate of drug-likeness (QED) is 0.473. The first kappa shape index (κ1) is 25.7. The molecule has 0 radical (unpaired) electrons. The molecule has 0 N–H and O–H groups in total. The summed E-state index contributed by atoms with van der Waals surface area (Å²) in [5.41, 5.74) is 5.18. The van der Waals surface area contributed by atoms with Gasteiger partial charge in [-0.15, -0.1) is 11.3 Å². The van der Waals surface area contributed by atoms with Crippen molar-refractivity contribution in [2.75, 3.05) is 26.9 Å². The van der Waals surface area contributed by atoms with Crippen molar-refractivity contribution in [3.05, 3.63) is 43.8 Å². The lowest BCUT2D eigenvalue weighted by atomic mass is 9.77. The van der Waals surface area contributed by atoms with Gasteiger partial charge in [-0.05, 0) is 82.4 Å². The molecular weight excluding hydrogens is 472 g/mol. The summed E-state index contributed by atoms with van der Waals surface area (Å²) in [5.74, 6) is 1.48. The molecule has 5 rings (SSSR count). The molecule has 2 aromatic heterocycles. The number of thiophene rings is 1. The second-order valence-corrected chi connectivity index (χ2v) is 12.0. The minimum Gasteiger partial charge on any atom is -0.481 e. The first-order chi connectivity index (χ1) is 17.2. The fraction of sp³-hybridized carbons (Fsp3) is 0.655. The molecule has 1 saturated carbocycles. The molecule has 2 aromatic rings. The molecule has 2 aliphatic heterocycles. The van der Waals surface area contributed by atoms with Crippen LogP contribution in [0.25, 0.3) is 0 Å². The number of aryl methyl sites for hydroxylation is 3. The lowest BCUT2D eigenvalue weighted by molar-refractivity contribution is -0.183. The van der Waals surface area contributed by atoms with Gasteiger partial charge < -0.3 is 19.1 Å². The van der Waals surface area contributed by atoms with Gasteiger partial charge >= 0.3 is 0 Å². The lowest BCUT2D eigenvalue weighted by Gasteiger charge is -2.37. The zero-order valence-corrected chi connectivity index (χ0v) is 23.4. The Morgan fingerprint density at radius 2 is 1.86 bits per heavy atom. The molecule has 1 aliphatic carbocycles. The summed E-state index contributed by atoms with van der Waals surface area (Å²) >= 11 is 1.88. The van der Waals surface area contributed by atoms with Gasteiger partial charge in [0.15, 0.2) is 5.79 Å². The van der Waals surface area contributed by atoms with Crippen LogP contribution in [0.1, 0.15) is 100 Å². The summed E-state index contributed by atoms with van der Waals surface area (Å²) in [6, 6.07) is 1.97. The fourth-order valence-electron chi connectivity index (χ4n) is 6.72. The van der Waals surface area contributed by atoms with E-state index in [-0.39, 0.29) is 17.7 Å². The van der Waals surface area contributed by atoms with Crippen LogP contribution in [0.5, 0.6) is 5.88 Å². The van der Waals surface area contributed by atoms with Crippen LogP contribution in [-0.4, -0.2) is 48.4 Å². The van der Waals surface area contributed by atoms with E-state index < -0.39 is 0 Å². The number of ether oxygens (including phenoxy) is 3. The van der Waals surface area contributed by atoms with E-state index in [0.29, 0.717) is 17.7 Å². The number of hydrogen-bond acceptors (Lipinski definition) is 6. The molecule has 196 valence electrons. The Balaban J connectivity index is 1.40. The van der Waals surface area contributed by atoms with Crippen molar-refractivity contribution in [1.29, 1.82) is 0 Å². The Hall–Kier alpha value is -1.96. The first-order valence-electron chi connectivity index (χ1n) is 13.5. The second kappa shape index (κ2) is 10.1. The Morgan fingerprint density at radius 1 is 1.17 bits per heavy atom. The van der Waals surface area contributed by atoms with Crippen LogP contribution in [0.15, 0.2) is 6.07 Å². The smallest absolute Gasteiger partial charge is 0.255 e. The predicted octanol–water partition coefficient (Wildman–Crippen LogP) is 6.26. The van der Waals surface area contributed by atoms with E-state index in [1.165, 1.54) is 15.3 Å². The highest BCUT2D eigenvalue weighted by Gasteiger charge is 2.42. The van der Waals surface area contributed by atoms with Gasteiger partial charge in [0.05, 0.1) is 31.9 Å². The van der Waals surface area contributed by atoms with Gasteiger partial charge in [-0.25, -0.2) is 4.98 Å². The van der Waals surface area contributed by atoms with Gasteiger partial charge in [0.2, 0.25) is 5.88 Å². The van der Waals surface area contributed by atoms with E-state index in [2.05, 4.69) is 38.7 Å². The van der Waals surface area contributed by atoms with Gasteiger partial charge in [0.1, 0.15) is 0 Å². The van der Waals surface area contributed by atoms with E-state index in [0.717, 1.165) is 80.7 Å². The number of hydrogen-bond donors (Lipinski definition) is 0. The zero-order chi connectivity index (χ0) is 25.6. The summed E-state index contributed by atoms with van der Waals surface area (Å²) < 4.78 is 17.6. The van der Waals surface area contributed by atoms with E-state index in [1.54, 1.807) is 7.11 Å². The number of amides is 1. The number of aromatic nitrogens is 1. The normalized spacial score (nSPS) is 21.9. The van der Waals surface area contributed by atoms with Crippen LogP contribution < -0.4 is 4.74 Å². The minimum absolute atomic E-state index is 0.104. The largest absolute Gasteiger partial charge is 0.481 e. The third-order valence-corrected chi connectivity index (χ3v) is 10.3. The Bertz CT molecular complexity index is 1130. The van der Waals surface area contributed by atoms with Crippen LogP contribution in [0.2, 0.25) is 0 Å². The third kappa shape index (κ3) is 4.48. The molecule has 4 heterocycles. The number of rotatable bonds is 5. The van der Waals surface area contributed by atoms with Crippen molar-refractivity contribution in [3.63, 3.8) is 0 Å². The summed E-state index contributed by atoms with van der Waals surface area (Å²) in [5, 5.41) is 0. The first-order valence-corrected chi connectivity index (χ1v) is 14.3. The number of nitrogens with zero attached hydrogens (tertiary/aromatic N) is 2. The fourth-order valence-corrected chi connectivity index (χ4v) is 8.21. The van der Waals surface area contributed by atoms with Crippen LogP contribution in [0, 0.1) is 26.7 Å². The summed E-state index contributed by atoms with van der Waals surface area (Å²) in [6.45, 7) is 12.9. The molecule has 1 amide bonds. The van der Waals surface area contributed by atoms with Crippen molar-refractivity contribution in [1.82, 2.24) is 9.88 Å². The Morgan fingerprint density at radius 3 is 2.53 bits per heavy atom. The van der Waals surface area contributed by atoms with Gasteiger partial charge in [-0.2, -0.15) is 0 Å². The van der Waals surface area contributed by atoms with E-state index in [4.69, 9.17) is 14.2 Å². The van der Waals surface area contributed by atoms with Gasteiger partial charge in [0.25, 0.3) is 5.91 Å². The minimum atomic E-state index is -0.325. The molecule has 1 unspecified atom stereocenters. The van der Waals surface area contributed by atoms with E-state index in [1.807, 2.05) is 23.2 Å². The maximum absolute atomic E-state index is 14.1. The molecule has 3 aliphatic rings. The standard InChI is InChI=1S/C29H40N2O4S/c1-17-16-18(2)30-27(33-6)24(17)21(5)31-13-7-8-23-25(28(31)32)20(4)26(36-23)19(3)22-9-11-29(12-10-22)34-14-15-35-29/h16,19,21-22H,7-15H2,1-6H3/t19-,21?/m1/s1.